The Kier molecular flexibility index (Phi) is 5.04. The molecule has 2 aromatic rings. The Morgan fingerprint density at radius 2 is 2.08 bits per heavy atom. The molecule has 0 saturated carbocycles. The molecule has 0 atom stereocenters. The normalized spacial score (nSPS) is 13.2. The van der Waals surface area contributed by atoms with Gasteiger partial charge in [0.05, 0.1) is 21.3 Å². The molecule has 8 heteroatoms. The van der Waals surface area contributed by atoms with Crippen molar-refractivity contribution in [2.24, 2.45) is 0 Å². The number of rotatable bonds is 6. The predicted molar refractivity (Wildman–Crippen MR) is 95.5 cm³/mol. The van der Waals surface area contributed by atoms with Crippen LogP contribution in [0.3, 0.4) is 0 Å². The first-order valence-electron chi connectivity index (χ1n) is 7.76. The number of nitrogens with zero attached hydrogens (tertiary/aromatic N) is 2. The first-order chi connectivity index (χ1) is 12.1. The molecule has 7 nitrogen and oxygen atoms in total. The van der Waals surface area contributed by atoms with Crippen LogP contribution >= 0.6 is 11.6 Å². The number of fused-ring (bicyclic) bond motifs is 1. The number of halogens is 1. The lowest BCUT2D eigenvalue weighted by molar-refractivity contribution is -0.384. The van der Waals surface area contributed by atoms with Gasteiger partial charge >= 0.3 is 0 Å². The number of anilines is 2. The Balaban J connectivity index is 1.57. The van der Waals surface area contributed by atoms with E-state index in [4.69, 9.17) is 16.3 Å². The average Bonchev–Trinajstić information content (AvgIpc) is 2.61. The van der Waals surface area contributed by atoms with E-state index in [1.807, 2.05) is 24.3 Å². The molecule has 1 heterocycles. The van der Waals surface area contributed by atoms with Crippen LogP contribution in [-0.4, -0.2) is 30.5 Å². The highest BCUT2D eigenvalue weighted by Gasteiger charge is 2.24. The van der Waals surface area contributed by atoms with Crippen molar-refractivity contribution in [2.45, 2.75) is 6.42 Å². The zero-order valence-electron chi connectivity index (χ0n) is 13.3. The number of nitro groups is 1. The van der Waals surface area contributed by atoms with Gasteiger partial charge in [0.2, 0.25) is 0 Å². The monoisotopic (exact) mass is 361 g/mol. The molecule has 1 aliphatic heterocycles. The molecule has 2 aromatic carbocycles. The Morgan fingerprint density at radius 1 is 1.28 bits per heavy atom. The van der Waals surface area contributed by atoms with Crippen molar-refractivity contribution < 1.29 is 14.5 Å². The van der Waals surface area contributed by atoms with E-state index in [9.17, 15) is 14.9 Å². The molecule has 130 valence electrons. The van der Waals surface area contributed by atoms with Gasteiger partial charge in [-0.2, -0.15) is 0 Å². The molecule has 0 unspecified atom stereocenters. The van der Waals surface area contributed by atoms with Gasteiger partial charge in [-0.1, -0.05) is 23.7 Å². The van der Waals surface area contributed by atoms with Crippen molar-refractivity contribution in [3.63, 3.8) is 0 Å². The van der Waals surface area contributed by atoms with Crippen molar-refractivity contribution in [3.05, 3.63) is 57.6 Å². The van der Waals surface area contributed by atoms with Crippen LogP contribution in [0.2, 0.25) is 5.02 Å². The number of para-hydroxylation sites is 2. The first kappa shape index (κ1) is 17.0. The fraction of sp³-hybridized carbons (Fsp3) is 0.235. The topological polar surface area (TPSA) is 84.7 Å². The van der Waals surface area contributed by atoms with Gasteiger partial charge in [0.15, 0.2) is 6.61 Å². The van der Waals surface area contributed by atoms with Crippen LogP contribution in [-0.2, 0) is 4.79 Å². The van der Waals surface area contributed by atoms with Gasteiger partial charge in [-0.25, -0.2) is 0 Å². The maximum atomic E-state index is 12.1. The molecule has 1 N–H and O–H groups in total. The molecular formula is C17H16ClN3O4. The van der Waals surface area contributed by atoms with Crippen LogP contribution in [0.1, 0.15) is 6.42 Å². The smallest absolute Gasteiger partial charge is 0.271 e. The fourth-order valence-electron chi connectivity index (χ4n) is 2.62. The molecular weight excluding hydrogens is 346 g/mol. The van der Waals surface area contributed by atoms with Crippen molar-refractivity contribution in [3.8, 4) is 5.75 Å². The van der Waals surface area contributed by atoms with Crippen LogP contribution in [0, 0.1) is 10.1 Å². The quantitative estimate of drug-likeness (QED) is 0.483. The van der Waals surface area contributed by atoms with Crippen LogP contribution in [0.15, 0.2) is 42.5 Å². The van der Waals surface area contributed by atoms with Gasteiger partial charge in [-0.15, -0.1) is 0 Å². The minimum atomic E-state index is -0.489. The highest BCUT2D eigenvalue weighted by atomic mass is 35.5. The lowest BCUT2D eigenvalue weighted by atomic mass is 10.2. The number of hydrogen-bond donors (Lipinski definition) is 1. The molecule has 0 fully saturated rings. The zero-order chi connectivity index (χ0) is 17.8. The highest BCUT2D eigenvalue weighted by molar-refractivity contribution is 6.33. The average molecular weight is 362 g/mol. The van der Waals surface area contributed by atoms with E-state index >= 15 is 0 Å². The van der Waals surface area contributed by atoms with Crippen molar-refractivity contribution in [2.75, 3.05) is 29.9 Å². The van der Waals surface area contributed by atoms with E-state index < -0.39 is 4.92 Å². The number of non-ortho nitro benzene ring substituents is 1. The number of amides is 1. The zero-order valence-corrected chi connectivity index (χ0v) is 14.0. The van der Waals surface area contributed by atoms with Gasteiger partial charge in [0.25, 0.3) is 11.6 Å². The number of hydrogen-bond acceptors (Lipinski definition) is 5. The second-order valence-corrected chi connectivity index (χ2v) is 5.91. The van der Waals surface area contributed by atoms with Gasteiger partial charge in [-0.3, -0.25) is 14.9 Å². The largest absolute Gasteiger partial charge is 0.482 e. The maximum Gasteiger partial charge on any atom is 0.271 e. The Labute approximate surface area is 149 Å². The molecule has 0 aliphatic carbocycles. The van der Waals surface area contributed by atoms with Crippen LogP contribution in [0.25, 0.3) is 0 Å². The number of carbonyl (C=O) groups excluding carboxylic acids is 1. The number of nitrogens with one attached hydrogen (secondary N) is 1. The summed E-state index contributed by atoms with van der Waals surface area (Å²) in [5, 5.41) is 14.1. The summed E-state index contributed by atoms with van der Waals surface area (Å²) in [6.45, 7) is 1.15. The molecule has 0 aromatic heterocycles. The van der Waals surface area contributed by atoms with Crippen LogP contribution in [0.5, 0.6) is 5.75 Å². The van der Waals surface area contributed by atoms with Gasteiger partial charge in [0, 0.05) is 25.2 Å². The maximum absolute atomic E-state index is 12.1. The standard InChI is InChI=1S/C17H16ClN3O4/c18-13-10-12(21(23)24)6-7-14(13)19-8-3-9-20-15-4-1-2-5-16(15)25-11-17(20)22/h1-2,4-7,10,19H,3,8-9,11H2. The Bertz CT molecular complexity index is 812. The molecule has 0 radical (unpaired) electrons. The molecule has 25 heavy (non-hydrogen) atoms. The molecule has 1 aliphatic rings. The Morgan fingerprint density at radius 3 is 2.84 bits per heavy atom. The van der Waals surface area contributed by atoms with E-state index in [2.05, 4.69) is 5.32 Å². The second kappa shape index (κ2) is 7.40. The number of nitro benzene ring substituents is 1. The summed E-state index contributed by atoms with van der Waals surface area (Å²) in [6, 6.07) is 11.7. The summed E-state index contributed by atoms with van der Waals surface area (Å²) >= 11 is 6.04. The number of carbonyl (C=O) groups is 1. The van der Waals surface area contributed by atoms with E-state index in [0.29, 0.717) is 36.0 Å². The van der Waals surface area contributed by atoms with E-state index in [0.717, 1.165) is 5.69 Å². The third-order valence-corrected chi connectivity index (χ3v) is 4.16. The van der Waals surface area contributed by atoms with Gasteiger partial charge in [-0.05, 0) is 24.6 Å². The first-order valence-corrected chi connectivity index (χ1v) is 8.14. The highest BCUT2D eigenvalue weighted by Crippen LogP contribution is 2.31. The molecule has 0 bridgehead atoms. The molecule has 0 saturated heterocycles. The van der Waals surface area contributed by atoms with Crippen molar-refractivity contribution in [1.29, 1.82) is 0 Å². The minimum absolute atomic E-state index is 0.0403. The minimum Gasteiger partial charge on any atom is -0.482 e. The van der Waals surface area contributed by atoms with Crippen molar-refractivity contribution >= 4 is 34.6 Å². The molecule has 0 spiro atoms. The summed E-state index contributed by atoms with van der Waals surface area (Å²) < 4.78 is 5.41. The Hall–Kier alpha value is -2.80. The SMILES string of the molecule is O=C1COc2ccccc2N1CCCNc1ccc([N+](=O)[O-])cc1Cl. The third kappa shape index (κ3) is 3.83. The number of ether oxygens (including phenoxy) is 1. The second-order valence-electron chi connectivity index (χ2n) is 5.50. The van der Waals surface area contributed by atoms with E-state index in [-0.39, 0.29) is 18.2 Å². The summed E-state index contributed by atoms with van der Waals surface area (Å²) in [4.78, 5) is 24.0. The molecule has 1 amide bonds. The lowest BCUT2D eigenvalue weighted by Gasteiger charge is -2.29. The summed E-state index contributed by atoms with van der Waals surface area (Å²) in [7, 11) is 0. The number of benzene rings is 2. The third-order valence-electron chi connectivity index (χ3n) is 3.85. The van der Waals surface area contributed by atoms with E-state index in [1.54, 1.807) is 11.0 Å². The van der Waals surface area contributed by atoms with Crippen molar-refractivity contribution in [1.82, 2.24) is 0 Å². The lowest BCUT2D eigenvalue weighted by Crippen LogP contribution is -2.39. The summed E-state index contributed by atoms with van der Waals surface area (Å²) in [5.41, 5.74) is 1.35. The van der Waals surface area contributed by atoms with Gasteiger partial charge in [0.1, 0.15) is 5.75 Å². The van der Waals surface area contributed by atoms with Crippen LogP contribution in [0.4, 0.5) is 17.1 Å². The van der Waals surface area contributed by atoms with E-state index in [1.165, 1.54) is 12.1 Å². The predicted octanol–water partition coefficient (Wildman–Crippen LogP) is 3.48. The fourth-order valence-corrected chi connectivity index (χ4v) is 2.86. The summed E-state index contributed by atoms with van der Waals surface area (Å²) in [6.07, 6.45) is 0.688. The van der Waals surface area contributed by atoms with Crippen LogP contribution < -0.4 is 15.0 Å². The summed E-state index contributed by atoms with van der Waals surface area (Å²) in [5.74, 6) is 0.626. The van der Waals surface area contributed by atoms with Gasteiger partial charge < -0.3 is 15.0 Å². The molecule has 3 rings (SSSR count).